The SMILES string of the molecule is COc1ccc(OC)c(C(C)CC(CN)CN)c1. The lowest BCUT2D eigenvalue weighted by Crippen LogP contribution is -2.24. The molecule has 0 saturated heterocycles. The summed E-state index contributed by atoms with van der Waals surface area (Å²) in [5, 5.41) is 0. The Hall–Kier alpha value is -1.26. The highest BCUT2D eigenvalue weighted by Crippen LogP contribution is 2.33. The topological polar surface area (TPSA) is 70.5 Å². The van der Waals surface area contributed by atoms with Crippen molar-refractivity contribution in [2.24, 2.45) is 17.4 Å². The van der Waals surface area contributed by atoms with Crippen LogP contribution in [0.4, 0.5) is 0 Å². The number of ether oxygens (including phenoxy) is 2. The number of hydrogen-bond donors (Lipinski definition) is 2. The highest BCUT2D eigenvalue weighted by molar-refractivity contribution is 5.42. The molecule has 0 aliphatic rings. The monoisotopic (exact) mass is 252 g/mol. The molecule has 1 rings (SSSR count). The highest BCUT2D eigenvalue weighted by atomic mass is 16.5. The third-order valence-corrected chi connectivity index (χ3v) is 3.32. The smallest absolute Gasteiger partial charge is 0.122 e. The van der Waals surface area contributed by atoms with E-state index in [1.807, 2.05) is 18.2 Å². The predicted octanol–water partition coefficient (Wildman–Crippen LogP) is 1.73. The van der Waals surface area contributed by atoms with Gasteiger partial charge >= 0.3 is 0 Å². The highest BCUT2D eigenvalue weighted by Gasteiger charge is 2.16. The Morgan fingerprint density at radius 1 is 1.11 bits per heavy atom. The first-order valence-corrected chi connectivity index (χ1v) is 6.28. The van der Waals surface area contributed by atoms with E-state index in [2.05, 4.69) is 6.92 Å². The van der Waals surface area contributed by atoms with Crippen molar-refractivity contribution < 1.29 is 9.47 Å². The van der Waals surface area contributed by atoms with Gasteiger partial charge in [-0.3, -0.25) is 0 Å². The Labute approximate surface area is 109 Å². The second-order valence-electron chi connectivity index (χ2n) is 4.58. The molecule has 4 N–H and O–H groups in total. The van der Waals surface area contributed by atoms with Crippen LogP contribution >= 0.6 is 0 Å². The fraction of sp³-hybridized carbons (Fsp3) is 0.571. The summed E-state index contributed by atoms with van der Waals surface area (Å²) in [4.78, 5) is 0. The van der Waals surface area contributed by atoms with Gasteiger partial charge in [0.15, 0.2) is 0 Å². The lowest BCUT2D eigenvalue weighted by atomic mass is 9.89. The van der Waals surface area contributed by atoms with Crippen molar-refractivity contribution in [2.75, 3.05) is 27.3 Å². The molecule has 4 nitrogen and oxygen atoms in total. The average molecular weight is 252 g/mol. The minimum absolute atomic E-state index is 0.340. The fourth-order valence-electron chi connectivity index (χ4n) is 2.14. The molecule has 0 fully saturated rings. The standard InChI is InChI=1S/C14H24N2O2/c1-10(6-11(8-15)9-16)13-7-12(17-2)4-5-14(13)18-3/h4-5,7,10-11H,6,8-9,15-16H2,1-3H3. The lowest BCUT2D eigenvalue weighted by Gasteiger charge is -2.20. The number of methoxy groups -OCH3 is 2. The summed E-state index contributed by atoms with van der Waals surface area (Å²) >= 11 is 0. The first-order chi connectivity index (χ1) is 8.65. The van der Waals surface area contributed by atoms with Crippen molar-refractivity contribution >= 4 is 0 Å². The first kappa shape index (κ1) is 14.8. The summed E-state index contributed by atoms with van der Waals surface area (Å²) in [7, 11) is 3.35. The van der Waals surface area contributed by atoms with Gasteiger partial charge in [-0.1, -0.05) is 6.92 Å². The largest absolute Gasteiger partial charge is 0.497 e. The minimum atomic E-state index is 0.340. The molecular weight excluding hydrogens is 228 g/mol. The molecule has 0 spiro atoms. The fourth-order valence-corrected chi connectivity index (χ4v) is 2.14. The number of hydrogen-bond acceptors (Lipinski definition) is 4. The molecule has 1 aromatic rings. The van der Waals surface area contributed by atoms with Gasteiger partial charge in [-0.15, -0.1) is 0 Å². The second kappa shape index (κ2) is 7.24. The van der Waals surface area contributed by atoms with E-state index in [1.54, 1.807) is 14.2 Å². The van der Waals surface area contributed by atoms with Gasteiger partial charge in [-0.2, -0.15) is 0 Å². The molecule has 18 heavy (non-hydrogen) atoms. The molecule has 1 aromatic carbocycles. The Morgan fingerprint density at radius 3 is 2.28 bits per heavy atom. The predicted molar refractivity (Wildman–Crippen MR) is 74.2 cm³/mol. The summed E-state index contributed by atoms with van der Waals surface area (Å²) in [6.07, 6.45) is 0.955. The lowest BCUT2D eigenvalue weighted by molar-refractivity contribution is 0.388. The maximum Gasteiger partial charge on any atom is 0.122 e. The number of nitrogens with two attached hydrogens (primary N) is 2. The molecule has 0 radical (unpaired) electrons. The molecule has 0 aliphatic heterocycles. The summed E-state index contributed by atoms with van der Waals surface area (Å²) in [6, 6.07) is 5.86. The Bertz CT molecular complexity index is 365. The molecule has 0 aromatic heterocycles. The zero-order valence-electron chi connectivity index (χ0n) is 11.5. The van der Waals surface area contributed by atoms with Gasteiger partial charge in [0.1, 0.15) is 11.5 Å². The van der Waals surface area contributed by atoms with E-state index in [0.717, 1.165) is 23.5 Å². The summed E-state index contributed by atoms with van der Waals surface area (Å²) in [5.74, 6) is 2.41. The van der Waals surface area contributed by atoms with E-state index in [4.69, 9.17) is 20.9 Å². The third kappa shape index (κ3) is 3.62. The molecule has 1 atom stereocenters. The van der Waals surface area contributed by atoms with Crippen LogP contribution in [0.2, 0.25) is 0 Å². The Kier molecular flexibility index (Phi) is 5.95. The molecule has 102 valence electrons. The van der Waals surface area contributed by atoms with Crippen LogP contribution in [-0.2, 0) is 0 Å². The van der Waals surface area contributed by atoms with Crippen molar-refractivity contribution in [1.82, 2.24) is 0 Å². The molecular formula is C14H24N2O2. The van der Waals surface area contributed by atoms with Crippen molar-refractivity contribution in [3.05, 3.63) is 23.8 Å². The van der Waals surface area contributed by atoms with Crippen molar-refractivity contribution in [3.63, 3.8) is 0 Å². The molecule has 0 bridgehead atoms. The van der Waals surface area contributed by atoms with E-state index < -0.39 is 0 Å². The Morgan fingerprint density at radius 2 is 1.78 bits per heavy atom. The van der Waals surface area contributed by atoms with Crippen LogP contribution in [0.25, 0.3) is 0 Å². The van der Waals surface area contributed by atoms with E-state index >= 15 is 0 Å². The van der Waals surface area contributed by atoms with Crippen LogP contribution < -0.4 is 20.9 Å². The van der Waals surface area contributed by atoms with Crippen LogP contribution in [-0.4, -0.2) is 27.3 Å². The second-order valence-corrected chi connectivity index (χ2v) is 4.58. The van der Waals surface area contributed by atoms with E-state index in [0.29, 0.717) is 24.9 Å². The van der Waals surface area contributed by atoms with Crippen molar-refractivity contribution in [2.45, 2.75) is 19.3 Å². The van der Waals surface area contributed by atoms with Gasteiger partial charge < -0.3 is 20.9 Å². The molecule has 0 heterocycles. The Balaban J connectivity index is 2.91. The van der Waals surface area contributed by atoms with Gasteiger partial charge in [0, 0.05) is 5.56 Å². The number of benzene rings is 1. The maximum atomic E-state index is 5.70. The first-order valence-electron chi connectivity index (χ1n) is 6.28. The quantitative estimate of drug-likeness (QED) is 0.775. The normalized spacial score (nSPS) is 12.6. The summed E-state index contributed by atoms with van der Waals surface area (Å²) < 4.78 is 10.7. The van der Waals surface area contributed by atoms with Crippen LogP contribution in [0, 0.1) is 5.92 Å². The number of rotatable bonds is 7. The summed E-state index contributed by atoms with van der Waals surface area (Å²) in [5.41, 5.74) is 12.5. The maximum absolute atomic E-state index is 5.70. The van der Waals surface area contributed by atoms with E-state index in [-0.39, 0.29) is 0 Å². The molecule has 4 heteroatoms. The zero-order chi connectivity index (χ0) is 13.5. The van der Waals surface area contributed by atoms with Gasteiger partial charge in [0.05, 0.1) is 14.2 Å². The van der Waals surface area contributed by atoms with Crippen molar-refractivity contribution in [1.29, 1.82) is 0 Å². The third-order valence-electron chi connectivity index (χ3n) is 3.32. The van der Waals surface area contributed by atoms with E-state index in [1.165, 1.54) is 0 Å². The van der Waals surface area contributed by atoms with Crippen LogP contribution in [0.3, 0.4) is 0 Å². The van der Waals surface area contributed by atoms with Crippen LogP contribution in [0.1, 0.15) is 24.8 Å². The molecule has 0 aliphatic carbocycles. The van der Waals surface area contributed by atoms with Gasteiger partial charge in [-0.25, -0.2) is 0 Å². The van der Waals surface area contributed by atoms with Gasteiger partial charge in [0.25, 0.3) is 0 Å². The summed E-state index contributed by atoms with van der Waals surface area (Å²) in [6.45, 7) is 3.40. The van der Waals surface area contributed by atoms with Crippen molar-refractivity contribution in [3.8, 4) is 11.5 Å². The van der Waals surface area contributed by atoms with Crippen LogP contribution in [0.5, 0.6) is 11.5 Å². The van der Waals surface area contributed by atoms with Gasteiger partial charge in [-0.05, 0) is 49.5 Å². The zero-order valence-corrected chi connectivity index (χ0v) is 11.5. The molecule has 0 amide bonds. The minimum Gasteiger partial charge on any atom is -0.497 e. The van der Waals surface area contributed by atoms with Crippen LogP contribution in [0.15, 0.2) is 18.2 Å². The van der Waals surface area contributed by atoms with E-state index in [9.17, 15) is 0 Å². The molecule has 1 unspecified atom stereocenters. The molecule has 0 saturated carbocycles. The average Bonchev–Trinajstić information content (AvgIpc) is 2.43. The van der Waals surface area contributed by atoms with Gasteiger partial charge in [0.2, 0.25) is 0 Å².